The van der Waals surface area contributed by atoms with Gasteiger partial charge in [-0.25, -0.2) is 4.79 Å². The van der Waals surface area contributed by atoms with E-state index in [-0.39, 0.29) is 18.3 Å². The molecule has 0 bridgehead atoms. The highest BCUT2D eigenvalue weighted by Crippen LogP contribution is 2.38. The van der Waals surface area contributed by atoms with Crippen molar-refractivity contribution in [3.63, 3.8) is 0 Å². The Balaban J connectivity index is 2.18. The molecule has 2 rings (SSSR count). The van der Waals surface area contributed by atoms with Crippen molar-refractivity contribution in [1.82, 2.24) is 0 Å². The molecule has 0 spiro atoms. The van der Waals surface area contributed by atoms with E-state index in [1.807, 2.05) is 13.8 Å². The molecule has 1 aromatic carbocycles. The van der Waals surface area contributed by atoms with Gasteiger partial charge < -0.3 is 10.1 Å². The zero-order valence-corrected chi connectivity index (χ0v) is 17.0. The van der Waals surface area contributed by atoms with Crippen molar-refractivity contribution < 1.29 is 9.53 Å². The van der Waals surface area contributed by atoms with Gasteiger partial charge in [0, 0.05) is 11.8 Å². The average Bonchev–Trinajstić information content (AvgIpc) is 2.96. The van der Waals surface area contributed by atoms with E-state index < -0.39 is 5.60 Å². The normalized spacial score (nSPS) is 20.1. The van der Waals surface area contributed by atoms with E-state index >= 15 is 0 Å². The van der Waals surface area contributed by atoms with Crippen molar-refractivity contribution in [3.05, 3.63) is 41.6 Å². The Morgan fingerprint density at radius 1 is 1.15 bits per heavy atom. The van der Waals surface area contributed by atoms with Crippen LogP contribution in [0.15, 0.2) is 36.0 Å². The lowest BCUT2D eigenvalue weighted by molar-refractivity contribution is -0.149. The first kappa shape index (κ1) is 21.0. The molecule has 0 radical (unpaired) electrons. The standard InChI is InChI=1S/C23H32N2O2/c1-5-7-9-18(8-6-2)19-10-12-20(13-11-19)25-21-16-22(26)27-23(21,14-15-24)17(3)4/h10-13,16-18,25H,5-9,14H2,1-4H3. The lowest BCUT2D eigenvalue weighted by atomic mass is 9.84. The molecule has 0 aliphatic carbocycles. The van der Waals surface area contributed by atoms with Crippen LogP contribution in [-0.4, -0.2) is 11.6 Å². The third-order valence-corrected chi connectivity index (χ3v) is 5.48. The highest BCUT2D eigenvalue weighted by atomic mass is 16.6. The maximum Gasteiger partial charge on any atom is 0.333 e. The van der Waals surface area contributed by atoms with E-state index in [4.69, 9.17) is 4.74 Å². The van der Waals surface area contributed by atoms with Crippen molar-refractivity contribution in [1.29, 1.82) is 5.26 Å². The number of unbranched alkanes of at least 4 members (excludes halogenated alkanes) is 1. The molecule has 0 saturated carbocycles. The molecule has 1 aliphatic rings. The first-order chi connectivity index (χ1) is 13.0. The number of rotatable bonds is 10. The molecule has 4 heteroatoms. The summed E-state index contributed by atoms with van der Waals surface area (Å²) in [5.41, 5.74) is 2.07. The Morgan fingerprint density at radius 3 is 2.41 bits per heavy atom. The highest BCUT2D eigenvalue weighted by Gasteiger charge is 2.46. The predicted octanol–water partition coefficient (Wildman–Crippen LogP) is 5.92. The zero-order chi connectivity index (χ0) is 19.9. The molecular formula is C23H32N2O2. The van der Waals surface area contributed by atoms with Gasteiger partial charge in [-0.3, -0.25) is 0 Å². The third kappa shape index (κ3) is 4.91. The van der Waals surface area contributed by atoms with Crippen molar-refractivity contribution in [2.45, 2.75) is 77.7 Å². The molecule has 2 unspecified atom stereocenters. The molecule has 1 aromatic rings. The summed E-state index contributed by atoms with van der Waals surface area (Å²) in [7, 11) is 0. The first-order valence-electron chi connectivity index (χ1n) is 10.2. The summed E-state index contributed by atoms with van der Waals surface area (Å²) in [6.07, 6.45) is 7.71. The molecule has 2 atom stereocenters. The maximum atomic E-state index is 11.9. The number of carbonyl (C=O) groups excluding carboxylic acids is 1. The van der Waals surface area contributed by atoms with Crippen molar-refractivity contribution in [2.75, 3.05) is 5.32 Å². The van der Waals surface area contributed by atoms with Crippen LogP contribution in [0, 0.1) is 17.2 Å². The van der Waals surface area contributed by atoms with Crippen LogP contribution in [0.25, 0.3) is 0 Å². The molecule has 1 heterocycles. The molecule has 0 fully saturated rings. The van der Waals surface area contributed by atoms with Crippen LogP contribution in [0.3, 0.4) is 0 Å². The quantitative estimate of drug-likeness (QED) is 0.521. The summed E-state index contributed by atoms with van der Waals surface area (Å²) < 4.78 is 5.56. The second kappa shape index (κ2) is 9.60. The number of hydrogen-bond acceptors (Lipinski definition) is 4. The topological polar surface area (TPSA) is 62.1 Å². The second-order valence-corrected chi connectivity index (χ2v) is 7.73. The third-order valence-electron chi connectivity index (χ3n) is 5.48. The number of esters is 1. The van der Waals surface area contributed by atoms with Gasteiger partial charge >= 0.3 is 5.97 Å². The SMILES string of the molecule is CCCCC(CCC)c1ccc(NC2=CC(=O)OC2(CC#N)C(C)C)cc1. The molecule has 0 aromatic heterocycles. The number of nitrogens with one attached hydrogen (secondary N) is 1. The van der Waals surface area contributed by atoms with Crippen molar-refractivity contribution in [2.24, 2.45) is 5.92 Å². The van der Waals surface area contributed by atoms with Crippen LogP contribution >= 0.6 is 0 Å². The van der Waals surface area contributed by atoms with Gasteiger partial charge in [-0.15, -0.1) is 0 Å². The van der Waals surface area contributed by atoms with Gasteiger partial charge in [0.25, 0.3) is 0 Å². The molecule has 146 valence electrons. The minimum atomic E-state index is -0.892. The number of carbonyl (C=O) groups is 1. The number of anilines is 1. The summed E-state index contributed by atoms with van der Waals surface area (Å²) in [5.74, 6) is 0.221. The van der Waals surface area contributed by atoms with Gasteiger partial charge in [0.15, 0.2) is 5.60 Å². The summed E-state index contributed by atoms with van der Waals surface area (Å²) in [5, 5.41) is 12.6. The highest BCUT2D eigenvalue weighted by molar-refractivity contribution is 5.88. The lowest BCUT2D eigenvalue weighted by Crippen LogP contribution is -2.40. The Bertz CT molecular complexity index is 700. The van der Waals surface area contributed by atoms with Crippen LogP contribution in [0.5, 0.6) is 0 Å². The summed E-state index contributed by atoms with van der Waals surface area (Å²) >= 11 is 0. The fourth-order valence-electron chi connectivity index (χ4n) is 3.80. The van der Waals surface area contributed by atoms with Crippen LogP contribution in [0.1, 0.15) is 77.7 Å². The summed E-state index contributed by atoms with van der Waals surface area (Å²) in [4.78, 5) is 11.9. The minimum Gasteiger partial charge on any atom is -0.448 e. The summed E-state index contributed by atoms with van der Waals surface area (Å²) in [6, 6.07) is 10.6. The largest absolute Gasteiger partial charge is 0.448 e. The molecule has 0 amide bonds. The smallest absolute Gasteiger partial charge is 0.333 e. The van der Waals surface area contributed by atoms with E-state index in [9.17, 15) is 10.1 Å². The van der Waals surface area contributed by atoms with Gasteiger partial charge in [-0.05, 0) is 42.4 Å². The summed E-state index contributed by atoms with van der Waals surface area (Å²) in [6.45, 7) is 8.41. The van der Waals surface area contributed by atoms with E-state index in [0.29, 0.717) is 11.6 Å². The Kier molecular flexibility index (Phi) is 7.47. The molecule has 0 saturated heterocycles. The second-order valence-electron chi connectivity index (χ2n) is 7.73. The van der Waals surface area contributed by atoms with Crippen molar-refractivity contribution >= 4 is 11.7 Å². The average molecular weight is 369 g/mol. The molecular weight excluding hydrogens is 336 g/mol. The van der Waals surface area contributed by atoms with Gasteiger partial charge in [0.2, 0.25) is 0 Å². The Morgan fingerprint density at radius 2 is 1.85 bits per heavy atom. The molecule has 1 aliphatic heterocycles. The van der Waals surface area contributed by atoms with E-state index in [0.717, 1.165) is 5.69 Å². The molecule has 1 N–H and O–H groups in total. The number of hydrogen-bond donors (Lipinski definition) is 1. The zero-order valence-electron chi connectivity index (χ0n) is 17.0. The number of benzene rings is 1. The van der Waals surface area contributed by atoms with E-state index in [1.165, 1.54) is 43.7 Å². The number of nitriles is 1. The first-order valence-corrected chi connectivity index (χ1v) is 10.2. The van der Waals surface area contributed by atoms with E-state index in [1.54, 1.807) is 0 Å². The van der Waals surface area contributed by atoms with Crippen LogP contribution in [0.2, 0.25) is 0 Å². The van der Waals surface area contributed by atoms with Crippen LogP contribution in [-0.2, 0) is 9.53 Å². The molecule has 27 heavy (non-hydrogen) atoms. The van der Waals surface area contributed by atoms with Gasteiger partial charge in [-0.2, -0.15) is 5.26 Å². The van der Waals surface area contributed by atoms with E-state index in [2.05, 4.69) is 49.5 Å². The van der Waals surface area contributed by atoms with Crippen LogP contribution < -0.4 is 5.32 Å². The van der Waals surface area contributed by atoms with Crippen LogP contribution in [0.4, 0.5) is 5.69 Å². The van der Waals surface area contributed by atoms with Crippen molar-refractivity contribution in [3.8, 4) is 6.07 Å². The Hall–Kier alpha value is -2.28. The number of nitrogens with zero attached hydrogens (tertiary/aromatic N) is 1. The lowest BCUT2D eigenvalue weighted by Gasteiger charge is -2.33. The monoisotopic (exact) mass is 368 g/mol. The fraction of sp³-hybridized carbons (Fsp3) is 0.565. The minimum absolute atomic E-state index is 0.00426. The molecule has 4 nitrogen and oxygen atoms in total. The van der Waals surface area contributed by atoms with Gasteiger partial charge in [0.05, 0.1) is 18.2 Å². The number of ether oxygens (including phenoxy) is 1. The maximum absolute atomic E-state index is 11.9. The van der Waals surface area contributed by atoms with Gasteiger partial charge in [0.1, 0.15) is 0 Å². The predicted molar refractivity (Wildman–Crippen MR) is 109 cm³/mol. The van der Waals surface area contributed by atoms with Gasteiger partial charge in [-0.1, -0.05) is 59.1 Å². The Labute approximate surface area is 163 Å². The number of cyclic esters (lactones) is 1. The fourth-order valence-corrected chi connectivity index (χ4v) is 3.80.